The molecule has 3 heterocycles. The van der Waals surface area contributed by atoms with Gasteiger partial charge >= 0.3 is 0 Å². The zero-order chi connectivity index (χ0) is 18.1. The number of rotatable bonds is 5. The minimum atomic E-state index is 0.187. The van der Waals surface area contributed by atoms with Gasteiger partial charge in [0.2, 0.25) is 0 Å². The molecule has 4 rings (SSSR count). The van der Waals surface area contributed by atoms with E-state index < -0.39 is 0 Å². The first kappa shape index (κ1) is 16.9. The first-order valence-corrected chi connectivity index (χ1v) is 8.92. The molecule has 136 valence electrons. The van der Waals surface area contributed by atoms with E-state index in [-0.39, 0.29) is 12.0 Å². The van der Waals surface area contributed by atoms with Crippen LogP contribution in [0.1, 0.15) is 34.4 Å². The summed E-state index contributed by atoms with van der Waals surface area (Å²) in [6, 6.07) is 8.67. The highest BCUT2D eigenvalue weighted by Gasteiger charge is 2.32. The van der Waals surface area contributed by atoms with Crippen LogP contribution in [0.4, 0.5) is 0 Å². The maximum atomic E-state index is 5.66. The molecule has 0 saturated carbocycles. The summed E-state index contributed by atoms with van der Waals surface area (Å²) in [6.45, 7) is 8.18. The van der Waals surface area contributed by atoms with Crippen LogP contribution in [-0.2, 0) is 11.3 Å². The number of aryl methyl sites for hydroxylation is 3. The van der Waals surface area contributed by atoms with Gasteiger partial charge in [-0.15, -0.1) is 0 Å². The topological polar surface area (TPSA) is 80.6 Å². The lowest BCUT2D eigenvalue weighted by molar-refractivity contribution is 0.187. The van der Waals surface area contributed by atoms with E-state index in [9.17, 15) is 0 Å². The van der Waals surface area contributed by atoms with Crippen LogP contribution in [0.15, 0.2) is 30.5 Å². The van der Waals surface area contributed by atoms with Gasteiger partial charge in [0, 0.05) is 18.8 Å². The van der Waals surface area contributed by atoms with E-state index in [4.69, 9.17) is 4.74 Å². The van der Waals surface area contributed by atoms with Crippen LogP contribution in [-0.4, -0.2) is 44.2 Å². The second-order valence-electron chi connectivity index (χ2n) is 6.92. The van der Waals surface area contributed by atoms with Crippen molar-refractivity contribution in [3.63, 3.8) is 0 Å². The van der Waals surface area contributed by atoms with Crippen molar-refractivity contribution in [3.8, 4) is 5.69 Å². The largest absolute Gasteiger partial charge is 0.379 e. The summed E-state index contributed by atoms with van der Waals surface area (Å²) in [5.41, 5.74) is 4.61. The molecular weight excluding hydrogens is 328 g/mol. The van der Waals surface area contributed by atoms with Gasteiger partial charge in [-0.3, -0.25) is 5.10 Å². The van der Waals surface area contributed by atoms with Gasteiger partial charge in [0.05, 0.1) is 30.5 Å². The molecule has 7 heteroatoms. The Morgan fingerprint density at radius 2 is 2.12 bits per heavy atom. The van der Waals surface area contributed by atoms with Gasteiger partial charge in [-0.05, 0) is 50.1 Å². The second-order valence-corrected chi connectivity index (χ2v) is 6.92. The number of aromatic amines is 1. The molecule has 0 radical (unpaired) electrons. The molecule has 2 atom stereocenters. The molecule has 1 aliphatic heterocycles. The molecule has 0 bridgehead atoms. The van der Waals surface area contributed by atoms with E-state index in [2.05, 4.69) is 50.7 Å². The van der Waals surface area contributed by atoms with Crippen LogP contribution < -0.4 is 5.32 Å². The van der Waals surface area contributed by atoms with Gasteiger partial charge in [0.1, 0.15) is 5.82 Å². The van der Waals surface area contributed by atoms with E-state index in [1.807, 2.05) is 30.8 Å². The fraction of sp³-hybridized carbons (Fsp3) is 0.421. The third-order valence-corrected chi connectivity index (χ3v) is 4.89. The summed E-state index contributed by atoms with van der Waals surface area (Å²) >= 11 is 0. The summed E-state index contributed by atoms with van der Waals surface area (Å²) in [7, 11) is 0. The first-order chi connectivity index (χ1) is 12.6. The second kappa shape index (κ2) is 7.01. The Labute approximate surface area is 152 Å². The van der Waals surface area contributed by atoms with E-state index in [1.54, 1.807) is 0 Å². The van der Waals surface area contributed by atoms with Crippen molar-refractivity contribution in [2.75, 3.05) is 13.2 Å². The lowest BCUT2D eigenvalue weighted by atomic mass is 10.0. The summed E-state index contributed by atoms with van der Waals surface area (Å²) in [6.07, 6.45) is 1.99. The highest BCUT2D eigenvalue weighted by atomic mass is 16.5. The van der Waals surface area contributed by atoms with Crippen molar-refractivity contribution in [1.29, 1.82) is 0 Å². The number of hydrogen-bond donors (Lipinski definition) is 2. The molecule has 1 fully saturated rings. The Morgan fingerprint density at radius 1 is 1.23 bits per heavy atom. The van der Waals surface area contributed by atoms with Crippen LogP contribution >= 0.6 is 0 Å². The normalized spacial score (nSPS) is 20.0. The Bertz CT molecular complexity index is 899. The van der Waals surface area contributed by atoms with E-state index in [1.165, 1.54) is 11.1 Å². The first-order valence-electron chi connectivity index (χ1n) is 8.92. The molecule has 0 spiro atoms. The van der Waals surface area contributed by atoms with Crippen molar-refractivity contribution in [2.24, 2.45) is 0 Å². The van der Waals surface area contributed by atoms with Gasteiger partial charge in [0.15, 0.2) is 5.82 Å². The highest BCUT2D eigenvalue weighted by Crippen LogP contribution is 2.24. The van der Waals surface area contributed by atoms with Crippen LogP contribution in [0.2, 0.25) is 0 Å². The lowest BCUT2D eigenvalue weighted by Crippen LogP contribution is -2.34. The minimum Gasteiger partial charge on any atom is -0.379 e. The van der Waals surface area contributed by atoms with Gasteiger partial charge in [0.25, 0.3) is 0 Å². The predicted molar refractivity (Wildman–Crippen MR) is 98.3 cm³/mol. The molecule has 0 amide bonds. The maximum absolute atomic E-state index is 5.66. The monoisotopic (exact) mass is 352 g/mol. The zero-order valence-electron chi connectivity index (χ0n) is 15.4. The number of hydrogen-bond acceptors (Lipinski definition) is 5. The molecule has 3 aromatic rings. The number of nitrogens with zero attached hydrogens (tertiary/aromatic N) is 4. The predicted octanol–water partition coefficient (Wildman–Crippen LogP) is 2.19. The van der Waals surface area contributed by atoms with Gasteiger partial charge in [-0.1, -0.05) is 6.07 Å². The Kier molecular flexibility index (Phi) is 4.57. The van der Waals surface area contributed by atoms with Gasteiger partial charge in [-0.2, -0.15) is 10.2 Å². The Morgan fingerprint density at radius 3 is 2.81 bits per heavy atom. The molecule has 0 unspecified atom stereocenters. The van der Waals surface area contributed by atoms with Crippen LogP contribution in [0, 0.1) is 20.8 Å². The fourth-order valence-electron chi connectivity index (χ4n) is 3.36. The summed E-state index contributed by atoms with van der Waals surface area (Å²) in [4.78, 5) is 4.47. The van der Waals surface area contributed by atoms with Crippen molar-refractivity contribution in [1.82, 2.24) is 30.3 Å². The standard InChI is InChI=1S/C19H24N6O/c1-12-8-16(25-7-6-13(2)24-25)5-4-15(12)9-20-18-11-26-10-17(18)19-21-14(3)22-23-19/h4-8,17-18,20H,9-11H2,1-3H3,(H,21,22,23)/t17-,18+/m0/s1. The van der Waals surface area contributed by atoms with E-state index in [0.717, 1.165) is 29.6 Å². The van der Waals surface area contributed by atoms with Crippen molar-refractivity contribution in [2.45, 2.75) is 39.3 Å². The number of ether oxygens (including phenoxy) is 1. The smallest absolute Gasteiger partial charge is 0.157 e. The average Bonchev–Trinajstić information content (AvgIpc) is 3.34. The molecule has 0 aliphatic carbocycles. The Hall–Kier alpha value is -2.51. The molecular formula is C19H24N6O. The molecule has 26 heavy (non-hydrogen) atoms. The van der Waals surface area contributed by atoms with Crippen LogP contribution in [0.25, 0.3) is 5.69 Å². The molecule has 7 nitrogen and oxygen atoms in total. The maximum Gasteiger partial charge on any atom is 0.157 e. The Balaban J connectivity index is 1.44. The van der Waals surface area contributed by atoms with Crippen LogP contribution in [0.3, 0.4) is 0 Å². The molecule has 2 aromatic heterocycles. The van der Waals surface area contributed by atoms with Crippen molar-refractivity contribution in [3.05, 3.63) is 58.9 Å². The number of nitrogens with one attached hydrogen (secondary N) is 2. The third-order valence-electron chi connectivity index (χ3n) is 4.89. The number of H-pyrrole nitrogens is 1. The summed E-state index contributed by atoms with van der Waals surface area (Å²) in [5.74, 6) is 1.86. The third kappa shape index (κ3) is 3.40. The highest BCUT2D eigenvalue weighted by molar-refractivity contribution is 5.39. The van der Waals surface area contributed by atoms with Gasteiger partial charge in [-0.25, -0.2) is 9.67 Å². The molecule has 2 N–H and O–H groups in total. The lowest BCUT2D eigenvalue weighted by Gasteiger charge is -2.18. The van der Waals surface area contributed by atoms with E-state index in [0.29, 0.717) is 13.2 Å². The minimum absolute atomic E-state index is 0.187. The summed E-state index contributed by atoms with van der Waals surface area (Å²) < 4.78 is 7.57. The van der Waals surface area contributed by atoms with Crippen molar-refractivity contribution < 1.29 is 4.74 Å². The number of benzene rings is 1. The molecule has 1 aromatic carbocycles. The van der Waals surface area contributed by atoms with E-state index >= 15 is 0 Å². The summed E-state index contributed by atoms with van der Waals surface area (Å²) in [5, 5.41) is 15.3. The quantitative estimate of drug-likeness (QED) is 0.736. The number of aromatic nitrogens is 5. The molecule has 1 aliphatic rings. The fourth-order valence-corrected chi connectivity index (χ4v) is 3.36. The average molecular weight is 352 g/mol. The molecule has 1 saturated heterocycles. The van der Waals surface area contributed by atoms with Crippen molar-refractivity contribution >= 4 is 0 Å². The SMILES string of the molecule is Cc1ccn(-c2ccc(CN[C@@H]3COC[C@@H]3c3n[nH]c(C)n3)c(C)c2)n1. The zero-order valence-corrected chi connectivity index (χ0v) is 15.4. The van der Waals surface area contributed by atoms with Crippen LogP contribution in [0.5, 0.6) is 0 Å². The van der Waals surface area contributed by atoms with Gasteiger partial charge < -0.3 is 10.1 Å².